The lowest BCUT2D eigenvalue weighted by Gasteiger charge is -2.20. The van der Waals surface area contributed by atoms with E-state index in [1.54, 1.807) is 0 Å². The lowest BCUT2D eigenvalue weighted by atomic mass is 10.0. The fourth-order valence-corrected chi connectivity index (χ4v) is 3.87. The van der Waals surface area contributed by atoms with Crippen molar-refractivity contribution in [3.05, 3.63) is 0 Å². The van der Waals surface area contributed by atoms with Crippen molar-refractivity contribution in [1.29, 1.82) is 0 Å². The lowest BCUT2D eigenvalue weighted by Crippen LogP contribution is -2.45. The Bertz CT molecular complexity index is 515. The van der Waals surface area contributed by atoms with Crippen LogP contribution < -0.4 is 16.0 Å². The molecule has 2 aliphatic rings. The van der Waals surface area contributed by atoms with Gasteiger partial charge in [0.05, 0.1) is 6.54 Å². The Balaban J connectivity index is 1.70. The summed E-state index contributed by atoms with van der Waals surface area (Å²) in [4.78, 5) is 30.6. The van der Waals surface area contributed by atoms with Crippen LogP contribution in [0.25, 0.3) is 0 Å². The van der Waals surface area contributed by atoms with Gasteiger partial charge in [0, 0.05) is 44.6 Å². The first-order valence-corrected chi connectivity index (χ1v) is 10.6. The lowest BCUT2D eigenvalue weighted by molar-refractivity contribution is -0.133. The van der Waals surface area contributed by atoms with E-state index >= 15 is 0 Å². The molecule has 1 aliphatic heterocycles. The minimum absolute atomic E-state index is 0.0403. The Kier molecular flexibility index (Phi) is 8.88. The second-order valence-corrected chi connectivity index (χ2v) is 8.03. The zero-order valence-corrected chi connectivity index (χ0v) is 17.2. The van der Waals surface area contributed by atoms with Crippen molar-refractivity contribution in [2.24, 2.45) is 16.8 Å². The normalized spacial score (nSPS) is 21.0. The van der Waals surface area contributed by atoms with Gasteiger partial charge in [-0.1, -0.05) is 26.7 Å². The van der Waals surface area contributed by atoms with Gasteiger partial charge < -0.3 is 20.9 Å². The molecule has 154 valence electrons. The number of nitrogens with one attached hydrogen (secondary N) is 3. The second-order valence-electron chi connectivity index (χ2n) is 8.03. The van der Waals surface area contributed by atoms with E-state index in [1.807, 2.05) is 25.7 Å². The smallest absolute Gasteiger partial charge is 0.225 e. The average molecular weight is 380 g/mol. The van der Waals surface area contributed by atoms with Crippen molar-refractivity contribution in [1.82, 2.24) is 20.9 Å². The largest absolute Gasteiger partial charge is 0.357 e. The summed E-state index contributed by atoms with van der Waals surface area (Å²) in [5.74, 6) is 1.73. The maximum atomic E-state index is 12.1. The van der Waals surface area contributed by atoms with Crippen molar-refractivity contribution in [3.63, 3.8) is 0 Å². The number of rotatable bonds is 8. The van der Waals surface area contributed by atoms with E-state index in [0.29, 0.717) is 25.4 Å². The summed E-state index contributed by atoms with van der Waals surface area (Å²) in [6, 6.07) is 0.224. The van der Waals surface area contributed by atoms with E-state index in [1.165, 1.54) is 25.7 Å². The molecule has 1 saturated heterocycles. The van der Waals surface area contributed by atoms with E-state index in [-0.39, 0.29) is 23.8 Å². The van der Waals surface area contributed by atoms with Gasteiger partial charge >= 0.3 is 0 Å². The van der Waals surface area contributed by atoms with Gasteiger partial charge in [-0.25, -0.2) is 0 Å². The quantitative estimate of drug-likeness (QED) is 0.339. The topological polar surface area (TPSA) is 85.8 Å². The predicted molar refractivity (Wildman–Crippen MR) is 109 cm³/mol. The number of carbonyl (C=O) groups is 2. The summed E-state index contributed by atoms with van der Waals surface area (Å²) in [6.07, 6.45) is 6.50. The zero-order valence-electron chi connectivity index (χ0n) is 17.2. The molecule has 0 aromatic heterocycles. The molecular weight excluding hydrogens is 342 g/mol. The molecule has 0 aromatic carbocycles. The summed E-state index contributed by atoms with van der Waals surface area (Å²) >= 11 is 0. The minimum Gasteiger partial charge on any atom is -0.357 e. The highest BCUT2D eigenvalue weighted by molar-refractivity contribution is 5.81. The fourth-order valence-electron chi connectivity index (χ4n) is 3.87. The highest BCUT2D eigenvalue weighted by Crippen LogP contribution is 2.27. The molecule has 1 saturated carbocycles. The zero-order chi connectivity index (χ0) is 19.6. The van der Waals surface area contributed by atoms with E-state index in [0.717, 1.165) is 32.0 Å². The van der Waals surface area contributed by atoms with E-state index in [9.17, 15) is 9.59 Å². The van der Waals surface area contributed by atoms with Gasteiger partial charge in [0.25, 0.3) is 0 Å². The van der Waals surface area contributed by atoms with E-state index in [2.05, 4.69) is 20.9 Å². The molecule has 7 heteroatoms. The SMILES string of the molecule is CCNC(=NCCNC(=O)CC1CCCC1)NC1CCN(C(=O)C(C)C)C1. The van der Waals surface area contributed by atoms with Crippen LogP contribution in [0.5, 0.6) is 0 Å². The first-order valence-electron chi connectivity index (χ1n) is 10.6. The van der Waals surface area contributed by atoms with Crippen LogP contribution in [-0.4, -0.2) is 61.4 Å². The molecule has 27 heavy (non-hydrogen) atoms. The molecule has 7 nitrogen and oxygen atoms in total. The van der Waals surface area contributed by atoms with Crippen LogP contribution in [0.3, 0.4) is 0 Å². The Morgan fingerprint density at radius 1 is 1.15 bits per heavy atom. The maximum Gasteiger partial charge on any atom is 0.225 e. The molecule has 1 heterocycles. The summed E-state index contributed by atoms with van der Waals surface area (Å²) in [7, 11) is 0. The fraction of sp³-hybridized carbons (Fsp3) is 0.850. The van der Waals surface area contributed by atoms with Crippen molar-refractivity contribution >= 4 is 17.8 Å². The molecule has 1 atom stereocenters. The summed E-state index contributed by atoms with van der Waals surface area (Å²) < 4.78 is 0. The Labute approximate surface area is 163 Å². The minimum atomic E-state index is 0.0403. The van der Waals surface area contributed by atoms with Crippen LogP contribution in [-0.2, 0) is 9.59 Å². The van der Waals surface area contributed by atoms with Crippen molar-refractivity contribution in [2.45, 2.75) is 65.3 Å². The first-order chi connectivity index (χ1) is 13.0. The van der Waals surface area contributed by atoms with Crippen molar-refractivity contribution in [3.8, 4) is 0 Å². The van der Waals surface area contributed by atoms with Crippen molar-refractivity contribution < 1.29 is 9.59 Å². The van der Waals surface area contributed by atoms with Gasteiger partial charge in [-0.3, -0.25) is 14.6 Å². The van der Waals surface area contributed by atoms with Crippen LogP contribution in [0.2, 0.25) is 0 Å². The Morgan fingerprint density at radius 2 is 1.89 bits per heavy atom. The molecule has 0 spiro atoms. The number of amides is 2. The maximum absolute atomic E-state index is 12.1. The molecule has 0 radical (unpaired) electrons. The average Bonchev–Trinajstić information content (AvgIpc) is 3.30. The molecule has 2 rings (SSSR count). The van der Waals surface area contributed by atoms with Gasteiger partial charge in [0.2, 0.25) is 11.8 Å². The number of aliphatic imine (C=N–C) groups is 1. The summed E-state index contributed by atoms with van der Waals surface area (Å²) in [5.41, 5.74) is 0. The number of guanidine groups is 1. The van der Waals surface area contributed by atoms with Crippen LogP contribution in [0.1, 0.15) is 59.3 Å². The molecular formula is C20H37N5O2. The van der Waals surface area contributed by atoms with Crippen molar-refractivity contribution in [2.75, 3.05) is 32.7 Å². The molecule has 2 amide bonds. The first kappa shape index (κ1) is 21.5. The van der Waals surface area contributed by atoms with Gasteiger partial charge in [0.15, 0.2) is 5.96 Å². The molecule has 0 aromatic rings. The monoisotopic (exact) mass is 379 g/mol. The Morgan fingerprint density at radius 3 is 2.56 bits per heavy atom. The van der Waals surface area contributed by atoms with Crippen LogP contribution >= 0.6 is 0 Å². The standard InChI is InChI=1S/C20H37N5O2/c1-4-21-20(24-17-9-12-25(14-17)19(27)15(2)3)23-11-10-22-18(26)13-16-7-5-6-8-16/h15-17H,4-14H2,1-3H3,(H,22,26)(H2,21,23,24). The molecule has 2 fully saturated rings. The number of hydrogen-bond acceptors (Lipinski definition) is 3. The third-order valence-corrected chi connectivity index (χ3v) is 5.33. The summed E-state index contributed by atoms with van der Waals surface area (Å²) in [6.45, 7) is 9.32. The highest BCUT2D eigenvalue weighted by atomic mass is 16.2. The van der Waals surface area contributed by atoms with E-state index < -0.39 is 0 Å². The third-order valence-electron chi connectivity index (χ3n) is 5.33. The second kappa shape index (κ2) is 11.1. The van der Waals surface area contributed by atoms with Gasteiger partial charge in [-0.2, -0.15) is 0 Å². The number of nitrogens with zero attached hydrogens (tertiary/aromatic N) is 2. The Hall–Kier alpha value is -1.79. The predicted octanol–water partition coefficient (Wildman–Crippen LogP) is 1.49. The number of carbonyl (C=O) groups excluding carboxylic acids is 2. The summed E-state index contributed by atoms with van der Waals surface area (Å²) in [5, 5.41) is 9.65. The van der Waals surface area contributed by atoms with Crippen LogP contribution in [0.4, 0.5) is 0 Å². The molecule has 0 bridgehead atoms. The van der Waals surface area contributed by atoms with E-state index in [4.69, 9.17) is 0 Å². The van der Waals surface area contributed by atoms with Crippen LogP contribution in [0, 0.1) is 11.8 Å². The molecule has 3 N–H and O–H groups in total. The molecule has 1 unspecified atom stereocenters. The highest BCUT2D eigenvalue weighted by Gasteiger charge is 2.27. The number of likely N-dealkylation sites (tertiary alicyclic amines) is 1. The third kappa shape index (κ3) is 7.39. The molecule has 1 aliphatic carbocycles. The van der Waals surface area contributed by atoms with Gasteiger partial charge in [-0.05, 0) is 32.1 Å². The number of hydrogen-bond donors (Lipinski definition) is 3. The van der Waals surface area contributed by atoms with Gasteiger partial charge in [0.1, 0.15) is 0 Å². The van der Waals surface area contributed by atoms with Crippen LogP contribution in [0.15, 0.2) is 4.99 Å². The van der Waals surface area contributed by atoms with Gasteiger partial charge in [-0.15, -0.1) is 0 Å².